The summed E-state index contributed by atoms with van der Waals surface area (Å²) in [7, 11) is 0. The van der Waals surface area contributed by atoms with E-state index in [2.05, 4.69) is 5.32 Å². The van der Waals surface area contributed by atoms with Crippen LogP contribution in [0, 0.1) is 18.6 Å². The van der Waals surface area contributed by atoms with E-state index in [1.807, 2.05) is 6.92 Å². The molecule has 0 aliphatic rings. The van der Waals surface area contributed by atoms with E-state index in [0.29, 0.717) is 12.1 Å². The van der Waals surface area contributed by atoms with Crippen molar-refractivity contribution in [2.24, 2.45) is 0 Å². The Labute approximate surface area is 99.1 Å². The van der Waals surface area contributed by atoms with Gasteiger partial charge >= 0.3 is 0 Å². The lowest BCUT2D eigenvalue weighted by molar-refractivity contribution is 0.612. The fourth-order valence-corrected chi connectivity index (χ4v) is 1.60. The molecule has 0 spiro atoms. The Bertz CT molecular complexity index is 506. The minimum atomic E-state index is -0.280. The van der Waals surface area contributed by atoms with E-state index in [9.17, 15) is 8.78 Å². The predicted octanol–water partition coefficient (Wildman–Crippen LogP) is 3.89. The van der Waals surface area contributed by atoms with Gasteiger partial charge in [-0.15, -0.1) is 0 Å². The van der Waals surface area contributed by atoms with Crippen LogP contribution in [0.3, 0.4) is 0 Å². The van der Waals surface area contributed by atoms with Crippen LogP contribution in [-0.4, -0.2) is 0 Å². The lowest BCUT2D eigenvalue weighted by Gasteiger charge is -2.08. The number of anilines is 1. The molecule has 88 valence electrons. The summed E-state index contributed by atoms with van der Waals surface area (Å²) in [5.74, 6) is -0.512. The summed E-state index contributed by atoms with van der Waals surface area (Å²) < 4.78 is 26.1. The van der Waals surface area contributed by atoms with Gasteiger partial charge in [0.05, 0.1) is 0 Å². The number of hydrogen-bond acceptors (Lipinski definition) is 1. The Kier molecular flexibility index (Phi) is 3.38. The monoisotopic (exact) mass is 233 g/mol. The van der Waals surface area contributed by atoms with Gasteiger partial charge in [-0.05, 0) is 37.3 Å². The van der Waals surface area contributed by atoms with Crippen molar-refractivity contribution in [2.45, 2.75) is 13.5 Å². The van der Waals surface area contributed by atoms with Crippen molar-refractivity contribution < 1.29 is 8.78 Å². The molecule has 2 rings (SSSR count). The van der Waals surface area contributed by atoms with Crippen LogP contribution in [0.25, 0.3) is 0 Å². The van der Waals surface area contributed by atoms with Crippen LogP contribution in [0.15, 0.2) is 42.5 Å². The first-order valence-electron chi connectivity index (χ1n) is 5.39. The lowest BCUT2D eigenvalue weighted by Crippen LogP contribution is -2.02. The van der Waals surface area contributed by atoms with Gasteiger partial charge in [-0.25, -0.2) is 8.78 Å². The summed E-state index contributed by atoms with van der Waals surface area (Å²) in [5, 5.41) is 3.05. The standard InChI is InChI=1S/C14H13F2N/c1-10-2-7-14(16)11(8-10)9-17-13-5-3-12(15)4-6-13/h2-8,17H,9H2,1H3. The molecule has 1 nitrogen and oxygen atoms in total. The summed E-state index contributed by atoms with van der Waals surface area (Å²) in [4.78, 5) is 0. The summed E-state index contributed by atoms with van der Waals surface area (Å²) >= 11 is 0. The molecule has 2 aromatic carbocycles. The van der Waals surface area contributed by atoms with E-state index in [0.717, 1.165) is 11.3 Å². The third-order valence-corrected chi connectivity index (χ3v) is 2.53. The van der Waals surface area contributed by atoms with Gasteiger partial charge in [-0.2, -0.15) is 0 Å². The molecule has 0 fully saturated rings. The molecule has 0 atom stereocenters. The van der Waals surface area contributed by atoms with Gasteiger partial charge in [-0.3, -0.25) is 0 Å². The third kappa shape index (κ3) is 3.03. The topological polar surface area (TPSA) is 12.0 Å². The van der Waals surface area contributed by atoms with Crippen molar-refractivity contribution in [3.05, 3.63) is 65.2 Å². The first-order chi connectivity index (χ1) is 8.15. The zero-order valence-electron chi connectivity index (χ0n) is 9.50. The van der Waals surface area contributed by atoms with Gasteiger partial charge < -0.3 is 5.32 Å². The molecule has 0 aliphatic carbocycles. The van der Waals surface area contributed by atoms with Crippen LogP contribution in [0.2, 0.25) is 0 Å². The van der Waals surface area contributed by atoms with E-state index in [1.165, 1.54) is 18.2 Å². The first kappa shape index (κ1) is 11.6. The second-order valence-corrected chi connectivity index (χ2v) is 3.96. The normalized spacial score (nSPS) is 10.3. The molecule has 2 aromatic rings. The predicted molar refractivity (Wildman–Crippen MR) is 64.9 cm³/mol. The van der Waals surface area contributed by atoms with Crippen LogP contribution in [-0.2, 0) is 6.54 Å². The first-order valence-corrected chi connectivity index (χ1v) is 5.39. The minimum absolute atomic E-state index is 0.231. The summed E-state index contributed by atoms with van der Waals surface area (Å²) in [6.45, 7) is 2.31. The molecule has 0 radical (unpaired) electrons. The van der Waals surface area contributed by atoms with Crippen LogP contribution >= 0.6 is 0 Å². The third-order valence-electron chi connectivity index (χ3n) is 2.53. The van der Waals surface area contributed by atoms with E-state index in [4.69, 9.17) is 0 Å². The number of nitrogens with one attached hydrogen (secondary N) is 1. The van der Waals surface area contributed by atoms with Gasteiger partial charge in [0.1, 0.15) is 11.6 Å². The SMILES string of the molecule is Cc1ccc(F)c(CNc2ccc(F)cc2)c1. The molecule has 0 saturated heterocycles. The lowest BCUT2D eigenvalue weighted by atomic mass is 10.1. The number of rotatable bonds is 3. The zero-order valence-corrected chi connectivity index (χ0v) is 9.50. The molecular formula is C14H13F2N. The van der Waals surface area contributed by atoms with Crippen molar-refractivity contribution in [1.29, 1.82) is 0 Å². The van der Waals surface area contributed by atoms with Crippen LogP contribution < -0.4 is 5.32 Å². The number of aryl methyl sites for hydroxylation is 1. The summed E-state index contributed by atoms with van der Waals surface area (Å²) in [6.07, 6.45) is 0. The second kappa shape index (κ2) is 4.95. The Balaban J connectivity index is 2.07. The van der Waals surface area contributed by atoms with E-state index >= 15 is 0 Å². The molecule has 0 aromatic heterocycles. The molecule has 1 N–H and O–H groups in total. The Morgan fingerprint density at radius 2 is 1.71 bits per heavy atom. The highest BCUT2D eigenvalue weighted by molar-refractivity contribution is 5.43. The van der Waals surface area contributed by atoms with Crippen LogP contribution in [0.1, 0.15) is 11.1 Å². The summed E-state index contributed by atoms with van der Waals surface area (Å²) in [6, 6.07) is 11.0. The highest BCUT2D eigenvalue weighted by atomic mass is 19.1. The number of hydrogen-bond donors (Lipinski definition) is 1. The Morgan fingerprint density at radius 1 is 1.00 bits per heavy atom. The number of halogens is 2. The zero-order chi connectivity index (χ0) is 12.3. The maximum absolute atomic E-state index is 13.4. The van der Waals surface area contributed by atoms with Crippen LogP contribution in [0.5, 0.6) is 0 Å². The summed E-state index contributed by atoms with van der Waals surface area (Å²) in [5.41, 5.74) is 2.39. The minimum Gasteiger partial charge on any atom is -0.381 e. The van der Waals surface area contributed by atoms with Crippen molar-refractivity contribution in [2.75, 3.05) is 5.32 Å². The molecule has 17 heavy (non-hydrogen) atoms. The maximum atomic E-state index is 13.4. The van der Waals surface area contributed by atoms with Gasteiger partial charge in [0, 0.05) is 17.8 Å². The van der Waals surface area contributed by atoms with Gasteiger partial charge in [0.25, 0.3) is 0 Å². The average Bonchev–Trinajstić information content (AvgIpc) is 2.32. The van der Waals surface area contributed by atoms with E-state index < -0.39 is 0 Å². The van der Waals surface area contributed by atoms with Gasteiger partial charge in [-0.1, -0.05) is 17.7 Å². The van der Waals surface area contributed by atoms with Gasteiger partial charge in [0.15, 0.2) is 0 Å². The Hall–Kier alpha value is -1.90. The van der Waals surface area contributed by atoms with Crippen molar-refractivity contribution >= 4 is 5.69 Å². The van der Waals surface area contributed by atoms with Crippen molar-refractivity contribution in [3.8, 4) is 0 Å². The molecule has 0 unspecified atom stereocenters. The molecule has 0 heterocycles. The molecule has 3 heteroatoms. The molecule has 0 aliphatic heterocycles. The maximum Gasteiger partial charge on any atom is 0.128 e. The van der Waals surface area contributed by atoms with Crippen molar-refractivity contribution in [3.63, 3.8) is 0 Å². The number of benzene rings is 2. The highest BCUT2D eigenvalue weighted by Gasteiger charge is 2.02. The molecular weight excluding hydrogens is 220 g/mol. The van der Waals surface area contributed by atoms with Gasteiger partial charge in [0.2, 0.25) is 0 Å². The fourth-order valence-electron chi connectivity index (χ4n) is 1.60. The van der Waals surface area contributed by atoms with Crippen LogP contribution in [0.4, 0.5) is 14.5 Å². The second-order valence-electron chi connectivity index (χ2n) is 3.96. The largest absolute Gasteiger partial charge is 0.381 e. The van der Waals surface area contributed by atoms with E-state index in [-0.39, 0.29) is 11.6 Å². The van der Waals surface area contributed by atoms with Crippen molar-refractivity contribution in [1.82, 2.24) is 0 Å². The highest BCUT2D eigenvalue weighted by Crippen LogP contribution is 2.14. The van der Waals surface area contributed by atoms with E-state index in [1.54, 1.807) is 24.3 Å². The smallest absolute Gasteiger partial charge is 0.128 e. The average molecular weight is 233 g/mol. The Morgan fingerprint density at radius 3 is 2.41 bits per heavy atom. The fraction of sp³-hybridized carbons (Fsp3) is 0.143. The molecule has 0 saturated carbocycles. The molecule has 0 amide bonds. The molecule has 0 bridgehead atoms. The quantitative estimate of drug-likeness (QED) is 0.848.